The van der Waals surface area contributed by atoms with Gasteiger partial charge in [-0.3, -0.25) is 4.79 Å². The summed E-state index contributed by atoms with van der Waals surface area (Å²) in [6, 6.07) is 11.6. The minimum atomic E-state index is -0.384. The highest BCUT2D eigenvalue weighted by molar-refractivity contribution is 5.75. The van der Waals surface area contributed by atoms with E-state index < -0.39 is 0 Å². The maximum atomic E-state index is 12.0. The molecule has 5 nitrogen and oxygen atoms in total. The zero-order chi connectivity index (χ0) is 16.4. The Morgan fingerprint density at radius 2 is 1.83 bits per heavy atom. The van der Waals surface area contributed by atoms with Crippen LogP contribution in [-0.2, 0) is 22.4 Å². The highest BCUT2D eigenvalue weighted by atomic mass is 16.5. The van der Waals surface area contributed by atoms with Gasteiger partial charge in [0.05, 0.1) is 12.5 Å². The smallest absolute Gasteiger partial charge is 0.309 e. The van der Waals surface area contributed by atoms with E-state index in [1.165, 1.54) is 6.07 Å². The molecule has 0 radical (unpaired) electrons. The number of phenols is 3. The lowest BCUT2D eigenvalue weighted by Gasteiger charge is -2.16. The van der Waals surface area contributed by atoms with Gasteiger partial charge in [-0.1, -0.05) is 24.3 Å². The summed E-state index contributed by atoms with van der Waals surface area (Å²) >= 11 is 0. The number of hydrogen-bond donors (Lipinski definition) is 3. The Bertz CT molecular complexity index is 725. The molecule has 0 aliphatic carbocycles. The summed E-state index contributed by atoms with van der Waals surface area (Å²) in [5.74, 6) is -0.911. The third-order valence-electron chi connectivity index (χ3n) is 4.26. The molecule has 0 saturated carbocycles. The van der Waals surface area contributed by atoms with E-state index in [0.717, 1.165) is 5.56 Å². The van der Waals surface area contributed by atoms with E-state index in [-0.39, 0.29) is 35.1 Å². The van der Waals surface area contributed by atoms with E-state index in [0.29, 0.717) is 25.0 Å². The van der Waals surface area contributed by atoms with Gasteiger partial charge in [0.2, 0.25) is 0 Å². The first kappa shape index (κ1) is 15.2. The van der Waals surface area contributed by atoms with Crippen molar-refractivity contribution in [3.8, 4) is 17.2 Å². The van der Waals surface area contributed by atoms with E-state index in [1.807, 2.05) is 6.07 Å². The van der Waals surface area contributed by atoms with Crippen molar-refractivity contribution in [1.29, 1.82) is 0 Å². The van der Waals surface area contributed by atoms with E-state index in [9.17, 15) is 20.1 Å². The highest BCUT2D eigenvalue weighted by Crippen LogP contribution is 2.35. The molecule has 0 amide bonds. The maximum absolute atomic E-state index is 12.0. The van der Waals surface area contributed by atoms with Gasteiger partial charge in [-0.25, -0.2) is 0 Å². The van der Waals surface area contributed by atoms with Gasteiger partial charge in [-0.15, -0.1) is 0 Å². The number of para-hydroxylation sites is 1. The Hall–Kier alpha value is -2.69. The molecule has 1 heterocycles. The summed E-state index contributed by atoms with van der Waals surface area (Å²) in [5.41, 5.74) is 1.45. The summed E-state index contributed by atoms with van der Waals surface area (Å²) < 4.78 is 5.18. The summed E-state index contributed by atoms with van der Waals surface area (Å²) in [4.78, 5) is 12.0. The fourth-order valence-corrected chi connectivity index (χ4v) is 3.02. The Labute approximate surface area is 133 Å². The van der Waals surface area contributed by atoms with E-state index in [4.69, 9.17) is 4.74 Å². The van der Waals surface area contributed by atoms with Crippen molar-refractivity contribution < 1.29 is 24.9 Å². The lowest BCUT2D eigenvalue weighted by atomic mass is 9.85. The van der Waals surface area contributed by atoms with Gasteiger partial charge in [0, 0.05) is 5.92 Å². The zero-order valence-electron chi connectivity index (χ0n) is 12.5. The summed E-state index contributed by atoms with van der Waals surface area (Å²) in [5, 5.41) is 29.0. The molecular formula is C18H18O5. The second-order valence-corrected chi connectivity index (χ2v) is 5.86. The average Bonchev–Trinajstić information content (AvgIpc) is 2.85. The number of hydrogen-bond acceptors (Lipinski definition) is 5. The molecule has 2 aromatic rings. The Kier molecular flexibility index (Phi) is 4.10. The molecular weight excluding hydrogens is 296 g/mol. The Balaban J connectivity index is 1.78. The number of carbonyl (C=O) groups is 1. The normalized spacial score (nSPS) is 20.4. The van der Waals surface area contributed by atoms with Crippen LogP contribution < -0.4 is 0 Å². The molecule has 1 aliphatic heterocycles. The van der Waals surface area contributed by atoms with Crippen molar-refractivity contribution in [1.82, 2.24) is 0 Å². The minimum absolute atomic E-state index is 0.0361. The molecule has 0 spiro atoms. The lowest BCUT2D eigenvalue weighted by molar-refractivity contribution is -0.141. The summed E-state index contributed by atoms with van der Waals surface area (Å²) in [6.45, 7) is 0.318. The Morgan fingerprint density at radius 3 is 2.61 bits per heavy atom. The number of rotatable bonds is 4. The largest absolute Gasteiger partial charge is 0.508 e. The third-order valence-corrected chi connectivity index (χ3v) is 4.26. The predicted molar refractivity (Wildman–Crippen MR) is 83.2 cm³/mol. The topological polar surface area (TPSA) is 87.0 Å². The van der Waals surface area contributed by atoms with Gasteiger partial charge in [0.25, 0.3) is 0 Å². The molecule has 3 N–H and O–H groups in total. The second-order valence-electron chi connectivity index (χ2n) is 5.86. The number of aromatic hydroxyl groups is 3. The van der Waals surface area contributed by atoms with Crippen molar-refractivity contribution in [3.63, 3.8) is 0 Å². The van der Waals surface area contributed by atoms with Gasteiger partial charge in [0.15, 0.2) is 11.5 Å². The molecule has 1 saturated heterocycles. The summed E-state index contributed by atoms with van der Waals surface area (Å²) in [7, 11) is 0. The fourth-order valence-electron chi connectivity index (χ4n) is 3.02. The number of phenolic OH excluding ortho intramolecular Hbond substituents is 3. The van der Waals surface area contributed by atoms with E-state index in [1.54, 1.807) is 30.3 Å². The van der Waals surface area contributed by atoms with Crippen molar-refractivity contribution in [2.75, 3.05) is 6.61 Å². The van der Waals surface area contributed by atoms with Crippen molar-refractivity contribution >= 4 is 5.97 Å². The molecule has 0 aromatic heterocycles. The molecule has 2 unspecified atom stereocenters. The van der Waals surface area contributed by atoms with E-state index in [2.05, 4.69) is 0 Å². The van der Waals surface area contributed by atoms with Crippen LogP contribution in [0, 0.1) is 11.8 Å². The van der Waals surface area contributed by atoms with Crippen LogP contribution in [0.25, 0.3) is 0 Å². The van der Waals surface area contributed by atoms with Crippen LogP contribution in [0.3, 0.4) is 0 Å². The van der Waals surface area contributed by atoms with Crippen LogP contribution in [-0.4, -0.2) is 27.9 Å². The quantitative estimate of drug-likeness (QED) is 0.596. The van der Waals surface area contributed by atoms with Crippen molar-refractivity contribution in [2.24, 2.45) is 11.8 Å². The SMILES string of the molecule is O=C1OCC(Cc2cccc(O)c2)C1Cc1cccc(O)c1O. The monoisotopic (exact) mass is 314 g/mol. The van der Waals surface area contributed by atoms with Crippen molar-refractivity contribution in [3.05, 3.63) is 53.6 Å². The van der Waals surface area contributed by atoms with Gasteiger partial charge >= 0.3 is 5.97 Å². The molecule has 5 heteroatoms. The Morgan fingerprint density at radius 1 is 1.04 bits per heavy atom. The number of esters is 1. The molecule has 0 bridgehead atoms. The van der Waals surface area contributed by atoms with Crippen LogP contribution in [0.1, 0.15) is 11.1 Å². The van der Waals surface area contributed by atoms with E-state index >= 15 is 0 Å². The van der Waals surface area contributed by atoms with Crippen LogP contribution in [0.4, 0.5) is 0 Å². The molecule has 1 fully saturated rings. The van der Waals surface area contributed by atoms with Gasteiger partial charge in [-0.05, 0) is 42.2 Å². The third kappa shape index (κ3) is 3.23. The fraction of sp³-hybridized carbons (Fsp3) is 0.278. The maximum Gasteiger partial charge on any atom is 0.309 e. The highest BCUT2D eigenvalue weighted by Gasteiger charge is 2.37. The van der Waals surface area contributed by atoms with Gasteiger partial charge in [0.1, 0.15) is 5.75 Å². The molecule has 3 rings (SSSR count). The number of carbonyl (C=O) groups excluding carboxylic acids is 1. The van der Waals surface area contributed by atoms with Crippen LogP contribution in [0.2, 0.25) is 0 Å². The molecule has 120 valence electrons. The van der Waals surface area contributed by atoms with Crippen LogP contribution in [0.5, 0.6) is 17.2 Å². The average molecular weight is 314 g/mol. The van der Waals surface area contributed by atoms with Crippen molar-refractivity contribution in [2.45, 2.75) is 12.8 Å². The van der Waals surface area contributed by atoms with Gasteiger partial charge in [-0.2, -0.15) is 0 Å². The minimum Gasteiger partial charge on any atom is -0.508 e. The molecule has 2 atom stereocenters. The molecule has 2 aromatic carbocycles. The van der Waals surface area contributed by atoms with Gasteiger partial charge < -0.3 is 20.1 Å². The standard InChI is InChI=1S/C18H18O5/c19-14-5-1-3-11(8-14)7-13-10-23-18(22)15(13)9-12-4-2-6-16(20)17(12)21/h1-6,8,13,15,19-21H,7,9-10H2. The summed E-state index contributed by atoms with van der Waals surface area (Å²) in [6.07, 6.45) is 0.910. The first-order valence-electron chi connectivity index (χ1n) is 7.49. The zero-order valence-corrected chi connectivity index (χ0v) is 12.5. The first-order chi connectivity index (χ1) is 11.0. The lowest BCUT2D eigenvalue weighted by Crippen LogP contribution is -2.20. The first-order valence-corrected chi connectivity index (χ1v) is 7.49. The predicted octanol–water partition coefficient (Wildman–Crippen LogP) is 2.38. The molecule has 23 heavy (non-hydrogen) atoms. The number of benzene rings is 2. The number of ether oxygens (including phenoxy) is 1. The van der Waals surface area contributed by atoms with Crippen LogP contribution in [0.15, 0.2) is 42.5 Å². The number of cyclic esters (lactones) is 1. The second kappa shape index (κ2) is 6.20. The molecule has 1 aliphatic rings. The van der Waals surface area contributed by atoms with Crippen LogP contribution >= 0.6 is 0 Å².